The van der Waals surface area contributed by atoms with Gasteiger partial charge in [-0.2, -0.15) is 0 Å². The number of imidazole rings is 1. The second kappa shape index (κ2) is 10.9. The standard InChI is InChI=1S/C41H28N6/c1-46-38-15-5-3-13-36(38)45-41(46)28-17-19-31-30-10-2-4-14-37(30)47(39(31)25-28)40-24-27(16-20-32(40)35-12-7-9-23-43-35)34-21-18-29(26-44-34)33-11-6-8-22-42-33/h2-26H,1H3. The van der Waals surface area contributed by atoms with Gasteiger partial charge in [0.25, 0.3) is 0 Å². The molecule has 0 fully saturated rings. The molecule has 9 aromatic rings. The van der Waals surface area contributed by atoms with Crippen LogP contribution in [-0.4, -0.2) is 29.1 Å². The maximum Gasteiger partial charge on any atom is 0.140 e. The third-order valence-corrected chi connectivity index (χ3v) is 8.92. The summed E-state index contributed by atoms with van der Waals surface area (Å²) in [6.07, 6.45) is 5.55. The molecular formula is C41H28N6. The molecule has 0 spiro atoms. The summed E-state index contributed by atoms with van der Waals surface area (Å²) in [4.78, 5) is 19.2. The van der Waals surface area contributed by atoms with Gasteiger partial charge < -0.3 is 9.13 Å². The van der Waals surface area contributed by atoms with E-state index in [-0.39, 0.29) is 0 Å². The van der Waals surface area contributed by atoms with Crippen molar-refractivity contribution in [1.29, 1.82) is 0 Å². The fraction of sp³-hybridized carbons (Fsp3) is 0.0244. The van der Waals surface area contributed by atoms with E-state index in [0.717, 1.165) is 72.9 Å². The third-order valence-electron chi connectivity index (χ3n) is 8.92. The van der Waals surface area contributed by atoms with Crippen molar-refractivity contribution in [3.05, 3.63) is 152 Å². The maximum absolute atomic E-state index is 5.02. The zero-order valence-electron chi connectivity index (χ0n) is 25.6. The second-order valence-electron chi connectivity index (χ2n) is 11.7. The van der Waals surface area contributed by atoms with Gasteiger partial charge >= 0.3 is 0 Å². The van der Waals surface area contributed by atoms with E-state index in [1.807, 2.05) is 48.8 Å². The highest BCUT2D eigenvalue weighted by molar-refractivity contribution is 6.10. The van der Waals surface area contributed by atoms with Crippen LogP contribution in [-0.2, 0) is 7.05 Å². The van der Waals surface area contributed by atoms with Gasteiger partial charge in [0.15, 0.2) is 0 Å². The molecule has 5 aromatic heterocycles. The van der Waals surface area contributed by atoms with Crippen LogP contribution in [0.15, 0.2) is 152 Å². The molecule has 0 atom stereocenters. The molecule has 6 nitrogen and oxygen atoms in total. The Kier molecular flexibility index (Phi) is 6.25. The quantitative estimate of drug-likeness (QED) is 0.196. The van der Waals surface area contributed by atoms with Crippen molar-refractivity contribution in [1.82, 2.24) is 29.1 Å². The number of hydrogen-bond acceptors (Lipinski definition) is 4. The zero-order chi connectivity index (χ0) is 31.3. The summed E-state index contributed by atoms with van der Waals surface area (Å²) in [5.74, 6) is 0.931. The Labute approximate surface area is 271 Å². The molecule has 0 unspecified atom stereocenters. The topological polar surface area (TPSA) is 61.4 Å². The lowest BCUT2D eigenvalue weighted by Crippen LogP contribution is -2.00. The number of nitrogens with zero attached hydrogens (tertiary/aromatic N) is 6. The third kappa shape index (κ3) is 4.50. The van der Waals surface area contributed by atoms with Crippen molar-refractivity contribution >= 4 is 32.8 Å². The first-order valence-electron chi connectivity index (χ1n) is 15.6. The summed E-state index contributed by atoms with van der Waals surface area (Å²) in [5, 5.41) is 2.37. The molecule has 222 valence electrons. The van der Waals surface area contributed by atoms with Crippen molar-refractivity contribution in [3.63, 3.8) is 0 Å². The fourth-order valence-electron chi connectivity index (χ4n) is 6.64. The average molecular weight is 605 g/mol. The van der Waals surface area contributed by atoms with Crippen LogP contribution in [0.4, 0.5) is 0 Å². The van der Waals surface area contributed by atoms with Crippen molar-refractivity contribution in [2.45, 2.75) is 0 Å². The summed E-state index contributed by atoms with van der Waals surface area (Å²) in [6.45, 7) is 0. The average Bonchev–Trinajstić information content (AvgIpc) is 3.66. The molecule has 0 aliphatic heterocycles. The second-order valence-corrected chi connectivity index (χ2v) is 11.7. The van der Waals surface area contributed by atoms with E-state index in [1.54, 1.807) is 6.20 Å². The Morgan fingerprint density at radius 1 is 0.489 bits per heavy atom. The number of benzene rings is 4. The molecule has 0 aliphatic carbocycles. The highest BCUT2D eigenvalue weighted by atomic mass is 15.1. The van der Waals surface area contributed by atoms with Crippen LogP contribution in [0, 0.1) is 0 Å². The Hall–Kier alpha value is -6.40. The first-order valence-corrected chi connectivity index (χ1v) is 15.6. The number of aromatic nitrogens is 6. The number of fused-ring (bicyclic) bond motifs is 4. The molecule has 0 saturated heterocycles. The first kappa shape index (κ1) is 27.0. The molecule has 47 heavy (non-hydrogen) atoms. The number of para-hydroxylation sites is 3. The minimum atomic E-state index is 0.889. The molecule has 0 radical (unpaired) electrons. The molecule has 0 amide bonds. The van der Waals surface area contributed by atoms with Crippen molar-refractivity contribution < 1.29 is 0 Å². The lowest BCUT2D eigenvalue weighted by molar-refractivity contribution is 0.959. The van der Waals surface area contributed by atoms with Gasteiger partial charge in [-0.15, -0.1) is 0 Å². The SMILES string of the molecule is Cn1c(-c2ccc3c4ccccc4n(-c4cc(-c5ccc(-c6ccccn6)cn5)ccc4-c4ccccn4)c3c2)nc2ccccc21. The summed E-state index contributed by atoms with van der Waals surface area (Å²) in [5.41, 5.74) is 12.1. The number of hydrogen-bond donors (Lipinski definition) is 0. The first-order chi connectivity index (χ1) is 23.2. The maximum atomic E-state index is 5.02. The van der Waals surface area contributed by atoms with E-state index < -0.39 is 0 Å². The minimum absolute atomic E-state index is 0.889. The van der Waals surface area contributed by atoms with Gasteiger partial charge in [0, 0.05) is 58.7 Å². The largest absolute Gasteiger partial charge is 0.327 e. The fourth-order valence-corrected chi connectivity index (χ4v) is 6.64. The van der Waals surface area contributed by atoms with Gasteiger partial charge in [-0.25, -0.2) is 4.98 Å². The van der Waals surface area contributed by atoms with Gasteiger partial charge in [0.1, 0.15) is 5.82 Å². The molecular weight excluding hydrogens is 576 g/mol. The zero-order valence-corrected chi connectivity index (χ0v) is 25.6. The van der Waals surface area contributed by atoms with Crippen LogP contribution < -0.4 is 0 Å². The normalized spacial score (nSPS) is 11.5. The highest BCUT2D eigenvalue weighted by Crippen LogP contribution is 2.39. The molecule has 0 bridgehead atoms. The van der Waals surface area contributed by atoms with E-state index in [1.165, 1.54) is 10.8 Å². The van der Waals surface area contributed by atoms with E-state index in [9.17, 15) is 0 Å². The van der Waals surface area contributed by atoms with E-state index in [2.05, 4.69) is 118 Å². The molecule has 0 saturated carbocycles. The Morgan fingerprint density at radius 3 is 1.94 bits per heavy atom. The number of pyridine rings is 3. The van der Waals surface area contributed by atoms with Crippen LogP contribution in [0.1, 0.15) is 0 Å². The lowest BCUT2D eigenvalue weighted by Gasteiger charge is -2.16. The number of aryl methyl sites for hydroxylation is 1. The van der Waals surface area contributed by atoms with Gasteiger partial charge in [0.05, 0.1) is 44.8 Å². The predicted molar refractivity (Wildman–Crippen MR) is 190 cm³/mol. The molecule has 0 N–H and O–H groups in total. The van der Waals surface area contributed by atoms with Gasteiger partial charge in [0.2, 0.25) is 0 Å². The van der Waals surface area contributed by atoms with E-state index in [0.29, 0.717) is 0 Å². The molecule has 5 heterocycles. The van der Waals surface area contributed by atoms with Crippen LogP contribution >= 0.6 is 0 Å². The molecule has 6 heteroatoms. The van der Waals surface area contributed by atoms with Gasteiger partial charge in [-0.05, 0) is 66.7 Å². The smallest absolute Gasteiger partial charge is 0.140 e. The summed E-state index contributed by atoms with van der Waals surface area (Å²) in [6, 6.07) is 46.2. The van der Waals surface area contributed by atoms with Crippen LogP contribution in [0.3, 0.4) is 0 Å². The van der Waals surface area contributed by atoms with E-state index in [4.69, 9.17) is 15.0 Å². The predicted octanol–water partition coefficient (Wildman–Crippen LogP) is 9.52. The van der Waals surface area contributed by atoms with E-state index >= 15 is 0 Å². The molecule has 0 aliphatic rings. The van der Waals surface area contributed by atoms with Crippen LogP contribution in [0.2, 0.25) is 0 Å². The summed E-state index contributed by atoms with van der Waals surface area (Å²) in [7, 11) is 2.08. The highest BCUT2D eigenvalue weighted by Gasteiger charge is 2.19. The summed E-state index contributed by atoms with van der Waals surface area (Å²) >= 11 is 0. The van der Waals surface area contributed by atoms with Crippen molar-refractivity contribution in [3.8, 4) is 50.8 Å². The Bertz CT molecular complexity index is 2560. The molecule has 4 aromatic carbocycles. The molecule has 9 rings (SSSR count). The lowest BCUT2D eigenvalue weighted by atomic mass is 10.0. The van der Waals surface area contributed by atoms with Crippen LogP contribution in [0.25, 0.3) is 83.7 Å². The minimum Gasteiger partial charge on any atom is -0.327 e. The van der Waals surface area contributed by atoms with Gasteiger partial charge in [-0.1, -0.05) is 66.7 Å². The summed E-state index contributed by atoms with van der Waals surface area (Å²) < 4.78 is 4.54. The number of rotatable bonds is 5. The Balaban J connectivity index is 1.28. The van der Waals surface area contributed by atoms with Crippen molar-refractivity contribution in [2.24, 2.45) is 7.05 Å². The van der Waals surface area contributed by atoms with Gasteiger partial charge in [-0.3, -0.25) is 15.0 Å². The van der Waals surface area contributed by atoms with Crippen LogP contribution in [0.5, 0.6) is 0 Å². The van der Waals surface area contributed by atoms with Crippen molar-refractivity contribution in [2.75, 3.05) is 0 Å². The monoisotopic (exact) mass is 604 g/mol. The Morgan fingerprint density at radius 2 is 1.17 bits per heavy atom.